The van der Waals surface area contributed by atoms with Crippen LogP contribution in [0, 0.1) is 12.7 Å². The van der Waals surface area contributed by atoms with E-state index in [2.05, 4.69) is 10.7 Å². The average molecular weight is 314 g/mol. The van der Waals surface area contributed by atoms with E-state index in [1.54, 1.807) is 19.2 Å². The van der Waals surface area contributed by atoms with Gasteiger partial charge in [-0.15, -0.1) is 0 Å². The lowest BCUT2D eigenvalue weighted by Gasteiger charge is -2.01. The molecule has 2 N–H and O–H groups in total. The van der Waals surface area contributed by atoms with Crippen LogP contribution in [-0.2, 0) is 0 Å². The van der Waals surface area contributed by atoms with E-state index in [9.17, 15) is 4.39 Å². The lowest BCUT2D eigenvalue weighted by molar-refractivity contribution is 0.415. The van der Waals surface area contributed by atoms with Gasteiger partial charge in [-0.25, -0.2) is 9.37 Å². The summed E-state index contributed by atoms with van der Waals surface area (Å²) < 4.78 is 24.2. The minimum atomic E-state index is -0.311. The highest BCUT2D eigenvalue weighted by molar-refractivity contribution is 5.64. The van der Waals surface area contributed by atoms with Crippen molar-refractivity contribution in [1.29, 1.82) is 0 Å². The Morgan fingerprint density at radius 1 is 1.04 bits per heavy atom. The molecule has 0 unspecified atom stereocenters. The molecule has 0 amide bonds. The summed E-state index contributed by atoms with van der Waals surface area (Å²) in [6.45, 7) is 1.87. The summed E-state index contributed by atoms with van der Waals surface area (Å²) in [5.41, 5.74) is 6.79. The fraction of sp³-hybridized carbons (Fsp3) is 0.167. The molecule has 3 aromatic rings. The molecule has 0 fully saturated rings. The van der Waals surface area contributed by atoms with Gasteiger partial charge >= 0.3 is 0 Å². The molecule has 0 atom stereocenters. The van der Waals surface area contributed by atoms with Gasteiger partial charge < -0.3 is 14.9 Å². The first-order valence-corrected chi connectivity index (χ1v) is 7.13. The summed E-state index contributed by atoms with van der Waals surface area (Å²) in [5.74, 6) is 1.56. The predicted octanol–water partition coefficient (Wildman–Crippen LogP) is 4.04. The third kappa shape index (κ3) is 3.76. The van der Waals surface area contributed by atoms with E-state index in [-0.39, 0.29) is 5.82 Å². The summed E-state index contributed by atoms with van der Waals surface area (Å²) in [6.07, 6.45) is 0. The number of aryl methyl sites for hydroxylation is 1. The van der Waals surface area contributed by atoms with Crippen LogP contribution in [0.25, 0.3) is 22.8 Å². The van der Waals surface area contributed by atoms with Gasteiger partial charge in [0.1, 0.15) is 11.6 Å². The Balaban J connectivity index is 0.000000924. The van der Waals surface area contributed by atoms with Gasteiger partial charge in [0.05, 0.1) is 12.8 Å². The Bertz CT molecular complexity index is 767. The van der Waals surface area contributed by atoms with Crippen LogP contribution in [0.1, 0.15) is 5.69 Å². The number of benzene rings is 2. The van der Waals surface area contributed by atoms with Crippen molar-refractivity contribution < 1.29 is 13.5 Å². The molecular weight excluding hydrogens is 295 g/mol. The number of nitrogens with zero attached hydrogens (tertiary/aromatic N) is 1. The molecule has 4 nitrogen and oxygen atoms in total. The van der Waals surface area contributed by atoms with Crippen molar-refractivity contribution in [2.24, 2.45) is 5.73 Å². The molecule has 0 saturated heterocycles. The molecule has 0 aliphatic rings. The number of hydrogen-bond donors (Lipinski definition) is 1. The number of ether oxygens (including phenoxy) is 1. The number of oxazole rings is 1. The summed E-state index contributed by atoms with van der Waals surface area (Å²) >= 11 is 0. The molecule has 120 valence electrons. The Kier molecular flexibility index (Phi) is 5.49. The topological polar surface area (TPSA) is 61.3 Å². The third-order valence-corrected chi connectivity index (χ3v) is 3.22. The highest BCUT2D eigenvalue weighted by atomic mass is 19.1. The minimum absolute atomic E-state index is 0.311. The highest BCUT2D eigenvalue weighted by Gasteiger charge is 2.13. The standard InChI is InChI=1S/C17H14FNO2.CH5N/c1-11-16(12-6-8-15(20-2)9-7-12)21-17(19-11)13-4-3-5-14(18)10-13;1-2/h3-10H,1-2H3;2H2,1H3. The average Bonchev–Trinajstić information content (AvgIpc) is 2.99. The monoisotopic (exact) mass is 314 g/mol. The quantitative estimate of drug-likeness (QED) is 0.792. The summed E-state index contributed by atoms with van der Waals surface area (Å²) in [7, 11) is 3.12. The fourth-order valence-electron chi connectivity index (χ4n) is 2.15. The largest absolute Gasteiger partial charge is 0.497 e. The molecule has 0 spiro atoms. The van der Waals surface area contributed by atoms with Crippen LogP contribution in [0.3, 0.4) is 0 Å². The molecule has 1 heterocycles. The lowest BCUT2D eigenvalue weighted by Crippen LogP contribution is -1.83. The third-order valence-electron chi connectivity index (χ3n) is 3.22. The van der Waals surface area contributed by atoms with Crippen molar-refractivity contribution >= 4 is 0 Å². The number of methoxy groups -OCH3 is 1. The van der Waals surface area contributed by atoms with Crippen LogP contribution >= 0.6 is 0 Å². The first kappa shape index (κ1) is 16.7. The molecule has 3 rings (SSSR count). The Morgan fingerprint density at radius 3 is 2.35 bits per heavy atom. The van der Waals surface area contributed by atoms with Crippen molar-refractivity contribution in [2.75, 3.05) is 14.2 Å². The molecule has 5 heteroatoms. The van der Waals surface area contributed by atoms with Crippen molar-refractivity contribution in [3.8, 4) is 28.5 Å². The smallest absolute Gasteiger partial charge is 0.227 e. The van der Waals surface area contributed by atoms with Crippen molar-refractivity contribution in [1.82, 2.24) is 4.98 Å². The van der Waals surface area contributed by atoms with Crippen LogP contribution < -0.4 is 10.5 Å². The van der Waals surface area contributed by atoms with Gasteiger partial charge in [0.15, 0.2) is 5.76 Å². The second-order valence-electron chi connectivity index (χ2n) is 4.67. The normalized spacial score (nSPS) is 9.96. The molecule has 1 aromatic heterocycles. The maximum absolute atomic E-state index is 13.3. The SMILES string of the molecule is CN.COc1ccc(-c2oc(-c3cccc(F)c3)nc2C)cc1. The molecule has 0 saturated carbocycles. The summed E-state index contributed by atoms with van der Waals surface area (Å²) in [4.78, 5) is 4.38. The Hall–Kier alpha value is -2.66. The second-order valence-corrected chi connectivity index (χ2v) is 4.67. The summed E-state index contributed by atoms with van der Waals surface area (Å²) in [5, 5.41) is 0. The number of nitrogens with two attached hydrogens (primary N) is 1. The van der Waals surface area contributed by atoms with Crippen LogP contribution in [0.5, 0.6) is 5.75 Å². The van der Waals surface area contributed by atoms with Crippen molar-refractivity contribution in [3.63, 3.8) is 0 Å². The first-order chi connectivity index (χ1) is 11.2. The molecule has 0 aliphatic heterocycles. The summed E-state index contributed by atoms with van der Waals surface area (Å²) in [6, 6.07) is 13.7. The molecule has 23 heavy (non-hydrogen) atoms. The molecule has 2 aromatic carbocycles. The van der Waals surface area contributed by atoms with Crippen LogP contribution in [0.4, 0.5) is 4.39 Å². The van der Waals surface area contributed by atoms with Gasteiger partial charge in [0.2, 0.25) is 5.89 Å². The van der Waals surface area contributed by atoms with Gasteiger partial charge in [0.25, 0.3) is 0 Å². The van der Waals surface area contributed by atoms with E-state index in [1.165, 1.54) is 19.2 Å². The maximum atomic E-state index is 13.3. The van der Waals surface area contributed by atoms with Gasteiger partial charge in [-0.05, 0) is 56.4 Å². The molecule has 0 bridgehead atoms. The predicted molar refractivity (Wildman–Crippen MR) is 88.7 cm³/mol. The minimum Gasteiger partial charge on any atom is -0.497 e. The van der Waals surface area contributed by atoms with Gasteiger partial charge in [-0.3, -0.25) is 0 Å². The van der Waals surface area contributed by atoms with Crippen LogP contribution in [-0.4, -0.2) is 19.1 Å². The maximum Gasteiger partial charge on any atom is 0.227 e. The highest BCUT2D eigenvalue weighted by Crippen LogP contribution is 2.30. The first-order valence-electron chi connectivity index (χ1n) is 7.13. The van der Waals surface area contributed by atoms with E-state index in [1.807, 2.05) is 31.2 Å². The van der Waals surface area contributed by atoms with E-state index in [0.29, 0.717) is 17.2 Å². The van der Waals surface area contributed by atoms with Gasteiger partial charge in [0, 0.05) is 11.1 Å². The zero-order valence-corrected chi connectivity index (χ0v) is 13.3. The van der Waals surface area contributed by atoms with Crippen LogP contribution in [0.15, 0.2) is 52.9 Å². The van der Waals surface area contributed by atoms with Gasteiger partial charge in [-0.1, -0.05) is 6.07 Å². The molecule has 0 radical (unpaired) electrons. The second kappa shape index (κ2) is 7.56. The number of hydrogen-bond acceptors (Lipinski definition) is 4. The number of aromatic nitrogens is 1. The van der Waals surface area contributed by atoms with E-state index in [4.69, 9.17) is 9.15 Å². The lowest BCUT2D eigenvalue weighted by atomic mass is 10.1. The zero-order valence-electron chi connectivity index (χ0n) is 13.3. The van der Waals surface area contributed by atoms with E-state index in [0.717, 1.165) is 17.0 Å². The molecule has 0 aliphatic carbocycles. The van der Waals surface area contributed by atoms with Crippen molar-refractivity contribution in [3.05, 3.63) is 60.0 Å². The number of rotatable bonds is 3. The van der Waals surface area contributed by atoms with Crippen molar-refractivity contribution in [2.45, 2.75) is 6.92 Å². The van der Waals surface area contributed by atoms with Gasteiger partial charge in [-0.2, -0.15) is 0 Å². The zero-order chi connectivity index (χ0) is 16.8. The van der Waals surface area contributed by atoms with Crippen LogP contribution in [0.2, 0.25) is 0 Å². The Morgan fingerprint density at radius 2 is 1.74 bits per heavy atom. The fourth-order valence-corrected chi connectivity index (χ4v) is 2.15. The van der Waals surface area contributed by atoms with E-state index < -0.39 is 0 Å². The molecular formula is C18H19FN2O2. The number of halogens is 1. The van der Waals surface area contributed by atoms with E-state index >= 15 is 0 Å². The Labute approximate surface area is 134 Å².